The first-order chi connectivity index (χ1) is 15.3. The highest BCUT2D eigenvalue weighted by atomic mass is 16.3. The van der Waals surface area contributed by atoms with Crippen LogP contribution in [0.4, 0.5) is 0 Å². The van der Waals surface area contributed by atoms with E-state index in [0.29, 0.717) is 41.4 Å². The van der Waals surface area contributed by atoms with Gasteiger partial charge in [-0.2, -0.15) is 0 Å². The molecule has 3 aromatic heterocycles. The quantitative estimate of drug-likeness (QED) is 0.520. The molecule has 4 heterocycles. The summed E-state index contributed by atoms with van der Waals surface area (Å²) >= 11 is 0. The first-order valence-electron chi connectivity index (χ1n) is 10.7. The van der Waals surface area contributed by atoms with Crippen LogP contribution in [-0.4, -0.2) is 43.0 Å². The Bertz CT molecular complexity index is 1500. The summed E-state index contributed by atoms with van der Waals surface area (Å²) in [5.74, 6) is 0.784. The molecule has 1 fully saturated rings. The molecule has 1 aliphatic heterocycles. The molecule has 1 aliphatic rings. The van der Waals surface area contributed by atoms with E-state index in [1.807, 2.05) is 32.0 Å². The Labute approximate surface area is 183 Å². The van der Waals surface area contributed by atoms with Gasteiger partial charge in [0.2, 0.25) is 0 Å². The van der Waals surface area contributed by atoms with Crippen LogP contribution < -0.4 is 11.2 Å². The summed E-state index contributed by atoms with van der Waals surface area (Å²) in [5.41, 5.74) is 2.45. The highest BCUT2D eigenvalue weighted by molar-refractivity contribution is 5.99. The number of carbonyl (C=O) groups is 1. The molecule has 0 aliphatic carbocycles. The van der Waals surface area contributed by atoms with Gasteiger partial charge in [0.25, 0.3) is 11.5 Å². The van der Waals surface area contributed by atoms with E-state index in [-0.39, 0.29) is 11.8 Å². The zero-order valence-electron chi connectivity index (χ0n) is 18.6. The zero-order valence-corrected chi connectivity index (χ0v) is 18.6. The number of fused-ring (bicyclic) bond motifs is 2. The molecule has 9 nitrogen and oxygen atoms in total. The molecule has 1 atom stereocenters. The van der Waals surface area contributed by atoms with Crippen LogP contribution in [0.15, 0.2) is 32.2 Å². The number of nitrogens with zero attached hydrogens (tertiary/aromatic N) is 4. The number of imidazole rings is 1. The van der Waals surface area contributed by atoms with E-state index >= 15 is 0 Å². The minimum absolute atomic E-state index is 0.0631. The van der Waals surface area contributed by atoms with Crippen LogP contribution in [0.5, 0.6) is 0 Å². The summed E-state index contributed by atoms with van der Waals surface area (Å²) < 4.78 is 8.37. The van der Waals surface area contributed by atoms with Crippen molar-refractivity contribution >= 4 is 28.0 Å². The molecule has 32 heavy (non-hydrogen) atoms. The second-order valence-corrected chi connectivity index (χ2v) is 8.67. The molecule has 1 saturated heterocycles. The molecule has 0 saturated carbocycles. The number of hydrogen-bond acceptors (Lipinski definition) is 5. The Morgan fingerprint density at radius 1 is 1.19 bits per heavy atom. The number of piperidine rings is 1. The van der Waals surface area contributed by atoms with Gasteiger partial charge in [-0.3, -0.25) is 18.7 Å². The monoisotopic (exact) mass is 435 g/mol. The second kappa shape index (κ2) is 7.22. The normalized spacial score (nSPS) is 16.9. The first kappa shape index (κ1) is 20.3. The topological polar surface area (TPSA) is 106 Å². The fraction of sp³-hybridized carbons (Fsp3) is 0.391. The van der Waals surface area contributed by atoms with Gasteiger partial charge in [-0.05, 0) is 38.3 Å². The maximum absolute atomic E-state index is 13.3. The van der Waals surface area contributed by atoms with Crippen LogP contribution in [0.25, 0.3) is 22.1 Å². The largest absolute Gasteiger partial charge is 0.451 e. The summed E-state index contributed by atoms with van der Waals surface area (Å²) in [5, 5.41) is 0.946. The Morgan fingerprint density at radius 2 is 1.97 bits per heavy atom. The van der Waals surface area contributed by atoms with Crippen LogP contribution in [-0.2, 0) is 14.1 Å². The van der Waals surface area contributed by atoms with Gasteiger partial charge in [0, 0.05) is 44.1 Å². The minimum atomic E-state index is -0.420. The van der Waals surface area contributed by atoms with E-state index in [2.05, 4.69) is 9.97 Å². The number of hydrogen-bond donors (Lipinski definition) is 1. The predicted octanol–water partition coefficient (Wildman–Crippen LogP) is 2.34. The molecule has 9 heteroatoms. The lowest BCUT2D eigenvalue weighted by Crippen LogP contribution is -2.39. The van der Waals surface area contributed by atoms with Crippen LogP contribution in [0.1, 0.15) is 46.3 Å². The van der Waals surface area contributed by atoms with Gasteiger partial charge < -0.3 is 14.3 Å². The highest BCUT2D eigenvalue weighted by Crippen LogP contribution is 2.30. The van der Waals surface area contributed by atoms with Crippen molar-refractivity contribution in [3.63, 3.8) is 0 Å². The standard InChI is InChI=1S/C23H25N5O4/c1-12-7-8-15-13(2)18(32-16(15)10-12)22(30)28-9-5-6-14(11-28)19-24-17-20(25-19)26(3)23(31)27(4)21(17)29/h7-8,10,14H,5-6,9,11H2,1-4H3,(H,24,25). The summed E-state index contributed by atoms with van der Waals surface area (Å²) in [6.45, 7) is 4.99. The smallest absolute Gasteiger partial charge is 0.332 e. The maximum Gasteiger partial charge on any atom is 0.332 e. The lowest BCUT2D eigenvalue weighted by Gasteiger charge is -2.31. The first-order valence-corrected chi connectivity index (χ1v) is 10.7. The molecule has 1 N–H and O–H groups in total. The number of H-pyrrole nitrogens is 1. The van der Waals surface area contributed by atoms with E-state index in [4.69, 9.17) is 4.42 Å². The van der Waals surface area contributed by atoms with Gasteiger partial charge in [-0.15, -0.1) is 0 Å². The van der Waals surface area contributed by atoms with Gasteiger partial charge in [0.15, 0.2) is 11.4 Å². The Hall–Kier alpha value is -3.62. The molecule has 4 aromatic rings. The molecule has 166 valence electrons. The van der Waals surface area contributed by atoms with Crippen molar-refractivity contribution in [1.29, 1.82) is 0 Å². The fourth-order valence-electron chi connectivity index (χ4n) is 4.60. The van der Waals surface area contributed by atoms with Gasteiger partial charge >= 0.3 is 5.69 Å². The average Bonchev–Trinajstić information content (AvgIpc) is 3.38. The van der Waals surface area contributed by atoms with Crippen LogP contribution >= 0.6 is 0 Å². The Morgan fingerprint density at radius 3 is 2.75 bits per heavy atom. The molecule has 1 aromatic carbocycles. The Kier molecular flexibility index (Phi) is 4.58. The van der Waals surface area contributed by atoms with Crippen molar-refractivity contribution in [2.45, 2.75) is 32.6 Å². The van der Waals surface area contributed by atoms with Crippen LogP contribution in [0.3, 0.4) is 0 Å². The molecular formula is C23H25N5O4. The molecule has 0 bridgehead atoms. The summed E-state index contributed by atoms with van der Waals surface area (Å²) in [6, 6.07) is 5.94. The molecule has 0 radical (unpaired) electrons. The van der Waals surface area contributed by atoms with Crippen molar-refractivity contribution in [1.82, 2.24) is 24.0 Å². The number of rotatable bonds is 2. The van der Waals surface area contributed by atoms with Gasteiger partial charge in [0.1, 0.15) is 16.9 Å². The maximum atomic E-state index is 13.3. The lowest BCUT2D eigenvalue weighted by atomic mass is 9.97. The van der Waals surface area contributed by atoms with Gasteiger partial charge in [-0.25, -0.2) is 9.78 Å². The fourth-order valence-corrected chi connectivity index (χ4v) is 4.60. The second-order valence-electron chi connectivity index (χ2n) is 8.67. The van der Waals surface area contributed by atoms with Crippen molar-refractivity contribution < 1.29 is 9.21 Å². The Balaban J connectivity index is 1.47. The molecule has 0 spiro atoms. The number of likely N-dealkylation sites (tertiary alicyclic amines) is 1. The van der Waals surface area contributed by atoms with Crippen LogP contribution in [0.2, 0.25) is 0 Å². The third kappa shape index (κ3) is 2.99. The number of aromatic amines is 1. The number of furan rings is 1. The van der Waals surface area contributed by atoms with E-state index in [0.717, 1.165) is 33.9 Å². The number of benzene rings is 1. The summed E-state index contributed by atoms with van der Waals surface area (Å²) in [4.78, 5) is 47.5. The predicted molar refractivity (Wildman–Crippen MR) is 120 cm³/mol. The van der Waals surface area contributed by atoms with E-state index in [1.54, 1.807) is 11.9 Å². The van der Waals surface area contributed by atoms with E-state index in [1.165, 1.54) is 11.6 Å². The van der Waals surface area contributed by atoms with Crippen molar-refractivity contribution in [3.05, 3.63) is 61.7 Å². The number of carbonyl (C=O) groups excluding carboxylic acids is 1. The SMILES string of the molecule is Cc1ccc2c(C)c(C(=O)N3CCCC(c4nc5c([nH]4)c(=O)n(C)c(=O)n5C)C3)oc2c1. The molecular weight excluding hydrogens is 410 g/mol. The summed E-state index contributed by atoms with van der Waals surface area (Å²) in [6.07, 6.45) is 1.64. The van der Waals surface area contributed by atoms with Crippen molar-refractivity contribution in [2.24, 2.45) is 14.1 Å². The third-order valence-electron chi connectivity index (χ3n) is 6.50. The lowest BCUT2D eigenvalue weighted by molar-refractivity contribution is 0.0674. The highest BCUT2D eigenvalue weighted by Gasteiger charge is 2.31. The summed E-state index contributed by atoms with van der Waals surface area (Å²) in [7, 11) is 3.04. The third-order valence-corrected chi connectivity index (χ3v) is 6.50. The number of aromatic nitrogens is 4. The molecule has 1 amide bonds. The van der Waals surface area contributed by atoms with Crippen molar-refractivity contribution in [3.8, 4) is 0 Å². The van der Waals surface area contributed by atoms with Gasteiger partial charge in [0.05, 0.1) is 0 Å². The van der Waals surface area contributed by atoms with Gasteiger partial charge in [-0.1, -0.05) is 12.1 Å². The van der Waals surface area contributed by atoms with Crippen molar-refractivity contribution in [2.75, 3.05) is 13.1 Å². The zero-order chi connectivity index (χ0) is 22.7. The molecule has 5 rings (SSSR count). The van der Waals surface area contributed by atoms with E-state index in [9.17, 15) is 14.4 Å². The average molecular weight is 435 g/mol. The van der Waals surface area contributed by atoms with E-state index < -0.39 is 11.2 Å². The number of amides is 1. The molecule has 1 unspecified atom stereocenters. The number of aryl methyl sites for hydroxylation is 3. The minimum Gasteiger partial charge on any atom is -0.451 e. The van der Waals surface area contributed by atoms with Crippen LogP contribution in [0, 0.1) is 13.8 Å². The number of nitrogens with one attached hydrogen (secondary N) is 1.